The normalized spacial score (nSPS) is 11.4. The lowest BCUT2D eigenvalue weighted by atomic mass is 9.86. The van der Waals surface area contributed by atoms with Gasteiger partial charge in [0.25, 0.3) is 5.91 Å². The van der Waals surface area contributed by atoms with E-state index in [0.29, 0.717) is 5.76 Å². The SMILES string of the molecule is CC(C)(C)c1ccccc1NC(=O)c1ccc(CN)o1. The third-order valence-corrected chi connectivity index (χ3v) is 3.07. The molecular weight excluding hydrogens is 252 g/mol. The molecule has 1 aromatic carbocycles. The van der Waals surface area contributed by atoms with Crippen molar-refractivity contribution in [3.63, 3.8) is 0 Å². The van der Waals surface area contributed by atoms with E-state index in [2.05, 4.69) is 26.1 Å². The van der Waals surface area contributed by atoms with E-state index in [1.807, 2.05) is 24.3 Å². The van der Waals surface area contributed by atoms with Crippen LogP contribution < -0.4 is 11.1 Å². The van der Waals surface area contributed by atoms with Gasteiger partial charge in [0.15, 0.2) is 5.76 Å². The molecule has 0 bridgehead atoms. The highest BCUT2D eigenvalue weighted by Gasteiger charge is 2.19. The molecule has 0 aliphatic rings. The number of nitrogens with one attached hydrogen (secondary N) is 1. The number of rotatable bonds is 3. The van der Waals surface area contributed by atoms with Gasteiger partial charge in [0.1, 0.15) is 5.76 Å². The molecule has 0 saturated carbocycles. The Kier molecular flexibility index (Phi) is 3.95. The van der Waals surface area contributed by atoms with Crippen LogP contribution in [0, 0.1) is 0 Å². The molecule has 0 spiro atoms. The molecule has 0 unspecified atom stereocenters. The van der Waals surface area contributed by atoms with Crippen molar-refractivity contribution in [1.29, 1.82) is 0 Å². The Hall–Kier alpha value is -2.07. The van der Waals surface area contributed by atoms with Crippen molar-refractivity contribution in [3.05, 3.63) is 53.5 Å². The highest BCUT2D eigenvalue weighted by molar-refractivity contribution is 6.02. The first kappa shape index (κ1) is 14.3. The summed E-state index contributed by atoms with van der Waals surface area (Å²) >= 11 is 0. The Labute approximate surface area is 119 Å². The second kappa shape index (κ2) is 5.51. The summed E-state index contributed by atoms with van der Waals surface area (Å²) in [7, 11) is 0. The van der Waals surface area contributed by atoms with Gasteiger partial charge in [-0.1, -0.05) is 39.0 Å². The van der Waals surface area contributed by atoms with Crippen LogP contribution in [0.15, 0.2) is 40.8 Å². The number of hydrogen-bond acceptors (Lipinski definition) is 3. The first-order valence-corrected chi connectivity index (χ1v) is 6.61. The fourth-order valence-corrected chi connectivity index (χ4v) is 2.04. The van der Waals surface area contributed by atoms with Crippen molar-refractivity contribution >= 4 is 11.6 Å². The van der Waals surface area contributed by atoms with Gasteiger partial charge in [0.2, 0.25) is 0 Å². The van der Waals surface area contributed by atoms with Gasteiger partial charge in [0.05, 0.1) is 6.54 Å². The van der Waals surface area contributed by atoms with E-state index in [9.17, 15) is 4.79 Å². The minimum Gasteiger partial charge on any atom is -0.455 e. The van der Waals surface area contributed by atoms with Gasteiger partial charge < -0.3 is 15.5 Å². The van der Waals surface area contributed by atoms with Crippen LogP contribution in [0.4, 0.5) is 5.69 Å². The number of carbonyl (C=O) groups excluding carboxylic acids is 1. The first-order valence-electron chi connectivity index (χ1n) is 6.61. The van der Waals surface area contributed by atoms with Crippen LogP contribution in [0.5, 0.6) is 0 Å². The van der Waals surface area contributed by atoms with Crippen LogP contribution in [0.1, 0.15) is 42.6 Å². The second-order valence-electron chi connectivity index (χ2n) is 5.72. The maximum absolute atomic E-state index is 12.2. The molecule has 3 N–H and O–H groups in total. The van der Waals surface area contributed by atoms with Crippen LogP contribution in [0.25, 0.3) is 0 Å². The van der Waals surface area contributed by atoms with Crippen molar-refractivity contribution in [2.75, 3.05) is 5.32 Å². The van der Waals surface area contributed by atoms with Crippen molar-refractivity contribution in [3.8, 4) is 0 Å². The Balaban J connectivity index is 2.24. The van der Waals surface area contributed by atoms with Crippen molar-refractivity contribution in [1.82, 2.24) is 0 Å². The summed E-state index contributed by atoms with van der Waals surface area (Å²) in [4.78, 5) is 12.2. The summed E-state index contributed by atoms with van der Waals surface area (Å²) in [6.45, 7) is 6.61. The Morgan fingerprint density at radius 3 is 2.50 bits per heavy atom. The molecule has 106 valence electrons. The highest BCUT2D eigenvalue weighted by Crippen LogP contribution is 2.29. The molecule has 0 atom stereocenters. The molecule has 2 rings (SSSR count). The van der Waals surface area contributed by atoms with Gasteiger partial charge in [-0.15, -0.1) is 0 Å². The molecule has 2 aromatic rings. The summed E-state index contributed by atoms with van der Waals surface area (Å²) in [5.41, 5.74) is 7.31. The van der Waals surface area contributed by atoms with Gasteiger partial charge in [0, 0.05) is 5.69 Å². The van der Waals surface area contributed by atoms with E-state index in [0.717, 1.165) is 11.3 Å². The summed E-state index contributed by atoms with van der Waals surface area (Å²) in [6.07, 6.45) is 0. The first-order chi connectivity index (χ1) is 9.41. The van der Waals surface area contributed by atoms with Crippen LogP contribution >= 0.6 is 0 Å². The topological polar surface area (TPSA) is 68.3 Å². The number of anilines is 1. The van der Waals surface area contributed by atoms with Crippen LogP contribution in [0.2, 0.25) is 0 Å². The van der Waals surface area contributed by atoms with Gasteiger partial charge in [-0.3, -0.25) is 4.79 Å². The zero-order valence-electron chi connectivity index (χ0n) is 12.1. The minimum atomic E-state index is -0.263. The maximum atomic E-state index is 12.2. The molecule has 0 saturated heterocycles. The lowest BCUT2D eigenvalue weighted by Crippen LogP contribution is -2.18. The minimum absolute atomic E-state index is 0.0462. The maximum Gasteiger partial charge on any atom is 0.291 e. The van der Waals surface area contributed by atoms with E-state index >= 15 is 0 Å². The monoisotopic (exact) mass is 272 g/mol. The molecular formula is C16H20N2O2. The molecule has 1 aromatic heterocycles. The summed E-state index contributed by atoms with van der Waals surface area (Å²) in [6, 6.07) is 11.1. The number of nitrogens with two attached hydrogens (primary N) is 1. The zero-order valence-corrected chi connectivity index (χ0v) is 12.1. The molecule has 4 nitrogen and oxygen atoms in total. The average molecular weight is 272 g/mol. The molecule has 20 heavy (non-hydrogen) atoms. The molecule has 1 amide bonds. The summed E-state index contributed by atoms with van der Waals surface area (Å²) in [5, 5.41) is 2.90. The fraction of sp³-hybridized carbons (Fsp3) is 0.312. The van der Waals surface area contributed by atoms with Gasteiger partial charge >= 0.3 is 0 Å². The number of carbonyl (C=O) groups is 1. The van der Waals surface area contributed by atoms with E-state index in [1.165, 1.54) is 0 Å². The van der Waals surface area contributed by atoms with E-state index in [4.69, 9.17) is 10.2 Å². The van der Waals surface area contributed by atoms with Gasteiger partial charge in [-0.25, -0.2) is 0 Å². The molecule has 1 heterocycles. The lowest BCUT2D eigenvalue weighted by molar-refractivity contribution is 0.0995. The third-order valence-electron chi connectivity index (χ3n) is 3.07. The predicted octanol–water partition coefficient (Wildman–Crippen LogP) is 3.29. The van der Waals surface area contributed by atoms with Crippen LogP contribution in [-0.4, -0.2) is 5.91 Å². The second-order valence-corrected chi connectivity index (χ2v) is 5.72. The zero-order chi connectivity index (χ0) is 14.8. The number of amides is 1. The highest BCUT2D eigenvalue weighted by atomic mass is 16.4. The molecule has 4 heteroatoms. The molecule has 0 aliphatic heterocycles. The molecule has 0 fully saturated rings. The number of para-hydroxylation sites is 1. The van der Waals surface area contributed by atoms with E-state index in [1.54, 1.807) is 12.1 Å². The number of furan rings is 1. The molecule has 0 aliphatic carbocycles. The lowest BCUT2D eigenvalue weighted by Gasteiger charge is -2.22. The Bertz CT molecular complexity index is 609. The van der Waals surface area contributed by atoms with Crippen molar-refractivity contribution in [2.24, 2.45) is 5.73 Å². The van der Waals surface area contributed by atoms with Gasteiger partial charge in [-0.2, -0.15) is 0 Å². The number of hydrogen-bond donors (Lipinski definition) is 2. The number of benzene rings is 1. The smallest absolute Gasteiger partial charge is 0.291 e. The summed E-state index contributed by atoms with van der Waals surface area (Å²) in [5.74, 6) is 0.606. The summed E-state index contributed by atoms with van der Waals surface area (Å²) < 4.78 is 5.36. The van der Waals surface area contributed by atoms with E-state index < -0.39 is 0 Å². The van der Waals surface area contributed by atoms with Crippen LogP contribution in [-0.2, 0) is 12.0 Å². The van der Waals surface area contributed by atoms with Gasteiger partial charge in [-0.05, 0) is 29.2 Å². The fourth-order valence-electron chi connectivity index (χ4n) is 2.04. The third kappa shape index (κ3) is 3.08. The Morgan fingerprint density at radius 1 is 1.20 bits per heavy atom. The van der Waals surface area contributed by atoms with Crippen molar-refractivity contribution < 1.29 is 9.21 Å². The largest absolute Gasteiger partial charge is 0.455 e. The van der Waals surface area contributed by atoms with E-state index in [-0.39, 0.29) is 23.6 Å². The van der Waals surface area contributed by atoms with Crippen LogP contribution in [0.3, 0.4) is 0 Å². The quantitative estimate of drug-likeness (QED) is 0.900. The Morgan fingerprint density at radius 2 is 1.90 bits per heavy atom. The predicted molar refractivity (Wildman–Crippen MR) is 79.7 cm³/mol. The molecule has 0 radical (unpaired) electrons. The standard InChI is InChI=1S/C16H20N2O2/c1-16(2,3)12-6-4-5-7-13(12)18-15(19)14-9-8-11(10-17)20-14/h4-9H,10,17H2,1-3H3,(H,18,19). The van der Waals surface area contributed by atoms with Crippen molar-refractivity contribution in [2.45, 2.75) is 32.7 Å². The average Bonchev–Trinajstić information content (AvgIpc) is 2.87.